The van der Waals surface area contributed by atoms with Gasteiger partial charge in [0.05, 0.1) is 18.7 Å². The topological polar surface area (TPSA) is 58.6 Å². The molecule has 1 N–H and O–H groups in total. The Morgan fingerprint density at radius 3 is 2.68 bits per heavy atom. The second-order valence-corrected chi connectivity index (χ2v) is 5.67. The zero-order chi connectivity index (χ0) is 14.4. The van der Waals surface area contributed by atoms with Gasteiger partial charge in [-0.2, -0.15) is 0 Å². The van der Waals surface area contributed by atoms with Crippen LogP contribution in [-0.2, 0) is 14.3 Å². The second kappa shape index (κ2) is 7.60. The van der Waals surface area contributed by atoms with Crippen molar-refractivity contribution in [3.05, 3.63) is 0 Å². The minimum Gasteiger partial charge on any atom is -0.377 e. The molecule has 2 unspecified atom stereocenters. The van der Waals surface area contributed by atoms with E-state index >= 15 is 0 Å². The van der Waals surface area contributed by atoms with Crippen LogP contribution in [0.5, 0.6) is 0 Å². The van der Waals surface area contributed by atoms with E-state index in [1.165, 1.54) is 6.92 Å². The lowest BCUT2D eigenvalue weighted by Crippen LogP contribution is -2.48. The third kappa shape index (κ3) is 5.70. The molecule has 1 amide bonds. The summed E-state index contributed by atoms with van der Waals surface area (Å²) in [6.45, 7) is 10.1. The van der Waals surface area contributed by atoms with Crippen LogP contribution >= 0.6 is 0 Å². The number of amides is 1. The van der Waals surface area contributed by atoms with Crippen LogP contribution in [0.4, 0.5) is 0 Å². The standard InChI is InChI=1S/C14H26N2O3/c1-10(2)14(12(4)17)15-13(18)9-16-6-5-7-19-11(3)8-16/h10-11,14H,5-9H2,1-4H3,(H,15,18). The van der Waals surface area contributed by atoms with Gasteiger partial charge in [-0.25, -0.2) is 0 Å². The number of nitrogens with zero attached hydrogens (tertiary/aromatic N) is 1. The van der Waals surface area contributed by atoms with Gasteiger partial charge in [0, 0.05) is 19.7 Å². The van der Waals surface area contributed by atoms with E-state index in [4.69, 9.17) is 4.74 Å². The smallest absolute Gasteiger partial charge is 0.234 e. The van der Waals surface area contributed by atoms with Crippen LogP contribution in [0.2, 0.25) is 0 Å². The summed E-state index contributed by atoms with van der Waals surface area (Å²) < 4.78 is 5.54. The van der Waals surface area contributed by atoms with Crippen LogP contribution in [-0.4, -0.2) is 55.0 Å². The first-order chi connectivity index (χ1) is 8.90. The van der Waals surface area contributed by atoms with Crippen molar-refractivity contribution in [2.75, 3.05) is 26.2 Å². The van der Waals surface area contributed by atoms with Gasteiger partial charge >= 0.3 is 0 Å². The van der Waals surface area contributed by atoms with Gasteiger partial charge < -0.3 is 10.1 Å². The van der Waals surface area contributed by atoms with Gasteiger partial charge in [0.2, 0.25) is 5.91 Å². The number of carbonyl (C=O) groups excluding carboxylic acids is 2. The second-order valence-electron chi connectivity index (χ2n) is 5.67. The molecule has 1 saturated heterocycles. The summed E-state index contributed by atoms with van der Waals surface area (Å²) in [4.78, 5) is 25.6. The SMILES string of the molecule is CC(=O)C(NC(=O)CN1CCCOC(C)C1)C(C)C. The zero-order valence-electron chi connectivity index (χ0n) is 12.4. The van der Waals surface area contributed by atoms with Crippen molar-refractivity contribution in [3.8, 4) is 0 Å². The molecule has 0 bridgehead atoms. The Labute approximate surface area is 115 Å². The first-order valence-corrected chi connectivity index (χ1v) is 7.04. The molecular weight excluding hydrogens is 244 g/mol. The summed E-state index contributed by atoms with van der Waals surface area (Å²) in [5, 5.41) is 2.83. The molecular formula is C14H26N2O3. The Kier molecular flexibility index (Phi) is 6.45. The van der Waals surface area contributed by atoms with Gasteiger partial charge in [-0.3, -0.25) is 14.5 Å². The van der Waals surface area contributed by atoms with Gasteiger partial charge in [-0.05, 0) is 26.2 Å². The van der Waals surface area contributed by atoms with E-state index in [1.807, 2.05) is 20.8 Å². The number of Topliss-reactive ketones (excluding diaryl/α,β-unsaturated/α-hetero) is 1. The first-order valence-electron chi connectivity index (χ1n) is 7.04. The number of hydrogen-bond acceptors (Lipinski definition) is 4. The van der Waals surface area contributed by atoms with Gasteiger partial charge in [-0.1, -0.05) is 13.8 Å². The molecule has 1 aliphatic rings. The Morgan fingerprint density at radius 1 is 1.42 bits per heavy atom. The first kappa shape index (κ1) is 16.1. The highest BCUT2D eigenvalue weighted by molar-refractivity contribution is 5.88. The highest BCUT2D eigenvalue weighted by atomic mass is 16.5. The van der Waals surface area contributed by atoms with Crippen LogP contribution < -0.4 is 5.32 Å². The molecule has 0 aromatic rings. The molecule has 0 radical (unpaired) electrons. The van der Waals surface area contributed by atoms with Crippen molar-refractivity contribution < 1.29 is 14.3 Å². The molecule has 5 heteroatoms. The number of carbonyl (C=O) groups is 2. The van der Waals surface area contributed by atoms with E-state index in [2.05, 4.69) is 10.2 Å². The highest BCUT2D eigenvalue weighted by Gasteiger charge is 2.23. The fourth-order valence-corrected chi connectivity index (χ4v) is 2.38. The Morgan fingerprint density at radius 2 is 2.11 bits per heavy atom. The van der Waals surface area contributed by atoms with Gasteiger partial charge in [-0.15, -0.1) is 0 Å². The van der Waals surface area contributed by atoms with Crippen LogP contribution in [0.1, 0.15) is 34.1 Å². The Hall–Kier alpha value is -0.940. The maximum atomic E-state index is 12.0. The Bertz CT molecular complexity index is 318. The average Bonchev–Trinajstić information content (AvgIpc) is 2.49. The third-order valence-corrected chi connectivity index (χ3v) is 3.32. The number of ketones is 1. The summed E-state index contributed by atoms with van der Waals surface area (Å²) in [5.74, 6) is 0.0479. The molecule has 0 saturated carbocycles. The number of hydrogen-bond donors (Lipinski definition) is 1. The van der Waals surface area contributed by atoms with E-state index in [-0.39, 0.29) is 29.8 Å². The average molecular weight is 270 g/mol. The summed E-state index contributed by atoms with van der Waals surface area (Å²) in [5.41, 5.74) is 0. The van der Waals surface area contributed by atoms with Crippen LogP contribution in [0.25, 0.3) is 0 Å². The summed E-state index contributed by atoms with van der Waals surface area (Å²) >= 11 is 0. The van der Waals surface area contributed by atoms with Crippen molar-refractivity contribution >= 4 is 11.7 Å². The zero-order valence-corrected chi connectivity index (χ0v) is 12.4. The van der Waals surface area contributed by atoms with Crippen molar-refractivity contribution in [3.63, 3.8) is 0 Å². The predicted octanol–water partition coefficient (Wildman–Crippen LogP) is 0.827. The molecule has 2 atom stereocenters. The number of nitrogens with one attached hydrogen (secondary N) is 1. The molecule has 1 rings (SSSR count). The molecule has 0 aromatic heterocycles. The van der Waals surface area contributed by atoms with Crippen molar-refractivity contribution in [2.24, 2.45) is 5.92 Å². The van der Waals surface area contributed by atoms with Gasteiger partial charge in [0.15, 0.2) is 5.78 Å². The lowest BCUT2D eigenvalue weighted by molar-refractivity contribution is -0.128. The highest BCUT2D eigenvalue weighted by Crippen LogP contribution is 2.06. The molecule has 0 aliphatic carbocycles. The summed E-state index contributed by atoms with van der Waals surface area (Å²) in [6.07, 6.45) is 1.10. The molecule has 1 heterocycles. The maximum Gasteiger partial charge on any atom is 0.234 e. The third-order valence-electron chi connectivity index (χ3n) is 3.32. The normalized spacial score (nSPS) is 22.9. The van der Waals surface area contributed by atoms with Gasteiger partial charge in [0.25, 0.3) is 0 Å². The van der Waals surface area contributed by atoms with Crippen molar-refractivity contribution in [2.45, 2.75) is 46.3 Å². The van der Waals surface area contributed by atoms with E-state index in [0.717, 1.165) is 26.1 Å². The monoisotopic (exact) mass is 270 g/mol. The minimum atomic E-state index is -0.381. The molecule has 0 aromatic carbocycles. The quantitative estimate of drug-likeness (QED) is 0.804. The lowest BCUT2D eigenvalue weighted by Gasteiger charge is -2.24. The Balaban J connectivity index is 2.47. The fourth-order valence-electron chi connectivity index (χ4n) is 2.38. The molecule has 5 nitrogen and oxygen atoms in total. The maximum absolute atomic E-state index is 12.0. The van der Waals surface area contributed by atoms with Crippen LogP contribution in [0.15, 0.2) is 0 Å². The van der Waals surface area contributed by atoms with E-state index in [1.54, 1.807) is 0 Å². The molecule has 1 fully saturated rings. The minimum absolute atomic E-state index is 0.0101. The van der Waals surface area contributed by atoms with Crippen molar-refractivity contribution in [1.82, 2.24) is 10.2 Å². The molecule has 0 spiro atoms. The largest absolute Gasteiger partial charge is 0.377 e. The van der Waals surface area contributed by atoms with Gasteiger partial charge in [0.1, 0.15) is 0 Å². The summed E-state index contributed by atoms with van der Waals surface area (Å²) in [7, 11) is 0. The molecule has 110 valence electrons. The van der Waals surface area contributed by atoms with E-state index < -0.39 is 0 Å². The molecule has 1 aliphatic heterocycles. The molecule has 19 heavy (non-hydrogen) atoms. The van der Waals surface area contributed by atoms with E-state index in [0.29, 0.717) is 6.54 Å². The number of rotatable bonds is 5. The number of ether oxygens (including phenoxy) is 1. The van der Waals surface area contributed by atoms with Crippen LogP contribution in [0.3, 0.4) is 0 Å². The lowest BCUT2D eigenvalue weighted by atomic mass is 10.0. The summed E-state index contributed by atoms with van der Waals surface area (Å²) in [6, 6.07) is -0.381. The van der Waals surface area contributed by atoms with E-state index in [9.17, 15) is 9.59 Å². The van der Waals surface area contributed by atoms with Crippen molar-refractivity contribution in [1.29, 1.82) is 0 Å². The van der Waals surface area contributed by atoms with Crippen LogP contribution in [0, 0.1) is 5.92 Å². The predicted molar refractivity (Wildman–Crippen MR) is 73.9 cm³/mol. The fraction of sp³-hybridized carbons (Fsp3) is 0.857.